The van der Waals surface area contributed by atoms with Gasteiger partial charge in [-0.05, 0) is 25.0 Å². The van der Waals surface area contributed by atoms with Crippen LogP contribution in [-0.2, 0) is 4.79 Å². The minimum atomic E-state index is -0.651. The maximum atomic E-state index is 11.8. The Kier molecular flexibility index (Phi) is 6.08. The molecule has 0 saturated carbocycles. The molecular formula is C13H17N4O2. The molecule has 1 aromatic carbocycles. The predicted octanol–water partition coefficient (Wildman–Crippen LogP) is 0.158. The van der Waals surface area contributed by atoms with E-state index in [1.807, 2.05) is 6.07 Å². The Bertz CT molecular complexity index is 434. The molecule has 0 spiro atoms. The van der Waals surface area contributed by atoms with Gasteiger partial charge in [-0.3, -0.25) is 15.0 Å². The van der Waals surface area contributed by atoms with Crippen LogP contribution in [0.15, 0.2) is 30.3 Å². The van der Waals surface area contributed by atoms with Gasteiger partial charge in [0.15, 0.2) is 5.96 Å². The fourth-order valence-electron chi connectivity index (χ4n) is 1.52. The molecule has 1 rings (SSSR count). The maximum Gasteiger partial charge on any atom is 0.251 e. The molecule has 0 aliphatic carbocycles. The maximum absolute atomic E-state index is 11.8. The Balaban J connectivity index is 2.38. The van der Waals surface area contributed by atoms with Crippen molar-refractivity contribution < 1.29 is 9.59 Å². The minimum Gasteiger partial charge on any atom is -0.370 e. The van der Waals surface area contributed by atoms with E-state index in [1.165, 1.54) is 0 Å². The second-order valence-electron chi connectivity index (χ2n) is 3.99. The number of guanidine groups is 1. The van der Waals surface area contributed by atoms with Crippen molar-refractivity contribution in [1.29, 1.82) is 5.41 Å². The third-order valence-corrected chi connectivity index (χ3v) is 2.47. The third-order valence-electron chi connectivity index (χ3n) is 2.47. The summed E-state index contributed by atoms with van der Waals surface area (Å²) in [6.07, 6.45) is 2.85. The van der Waals surface area contributed by atoms with Gasteiger partial charge in [0.05, 0.1) is 6.04 Å². The summed E-state index contributed by atoms with van der Waals surface area (Å²) in [5, 5.41) is 12.2. The van der Waals surface area contributed by atoms with Gasteiger partial charge in [-0.15, -0.1) is 0 Å². The van der Waals surface area contributed by atoms with Gasteiger partial charge in [-0.2, -0.15) is 0 Å². The van der Waals surface area contributed by atoms with Crippen molar-refractivity contribution in [2.24, 2.45) is 5.73 Å². The second-order valence-corrected chi connectivity index (χ2v) is 3.99. The number of hydrogen-bond donors (Lipinski definition) is 4. The molecular weight excluding hydrogens is 244 g/mol. The molecule has 0 aromatic heterocycles. The highest BCUT2D eigenvalue weighted by atomic mass is 16.2. The number of carbonyl (C=O) groups is 1. The highest BCUT2D eigenvalue weighted by molar-refractivity contribution is 5.95. The summed E-state index contributed by atoms with van der Waals surface area (Å²) in [7, 11) is 0. The monoisotopic (exact) mass is 261 g/mol. The summed E-state index contributed by atoms with van der Waals surface area (Å²) >= 11 is 0. The Labute approximate surface area is 111 Å². The van der Waals surface area contributed by atoms with Crippen molar-refractivity contribution in [1.82, 2.24) is 10.6 Å². The van der Waals surface area contributed by atoms with Gasteiger partial charge < -0.3 is 16.4 Å². The number of nitrogens with one attached hydrogen (secondary N) is 3. The van der Waals surface area contributed by atoms with Gasteiger partial charge in [0.2, 0.25) is 6.29 Å². The van der Waals surface area contributed by atoms with E-state index in [2.05, 4.69) is 10.6 Å². The first-order valence-electron chi connectivity index (χ1n) is 5.95. The zero-order chi connectivity index (χ0) is 14.1. The molecule has 0 fully saturated rings. The van der Waals surface area contributed by atoms with Gasteiger partial charge in [0.25, 0.3) is 5.91 Å². The van der Waals surface area contributed by atoms with Crippen molar-refractivity contribution in [3.8, 4) is 0 Å². The fraction of sp³-hybridized carbons (Fsp3) is 0.308. The first-order valence-corrected chi connectivity index (χ1v) is 5.95. The average molecular weight is 261 g/mol. The largest absolute Gasteiger partial charge is 0.370 e. The third kappa shape index (κ3) is 5.67. The lowest BCUT2D eigenvalue weighted by atomic mass is 10.1. The van der Waals surface area contributed by atoms with Crippen LogP contribution in [0.5, 0.6) is 0 Å². The standard InChI is InChI=1S/C13H17N4O2/c14-13(15)16-8-4-7-11(9-18)17-12(19)10-5-2-1-3-6-10/h1-3,5-6,11H,4,7-8H2,(H,17,19)(H4,14,15,16)/t11-/m0/s1. The molecule has 0 aliphatic heterocycles. The summed E-state index contributed by atoms with van der Waals surface area (Å²) in [5.74, 6) is -0.409. The van der Waals surface area contributed by atoms with Crippen LogP contribution in [0.25, 0.3) is 0 Å². The first kappa shape index (κ1) is 14.7. The predicted molar refractivity (Wildman–Crippen MR) is 72.5 cm³/mol. The van der Waals surface area contributed by atoms with Crippen LogP contribution in [-0.4, -0.2) is 30.7 Å². The topological polar surface area (TPSA) is 108 Å². The normalized spacial score (nSPS) is 11.4. The van der Waals surface area contributed by atoms with Crippen LogP contribution in [0.4, 0.5) is 0 Å². The number of carbonyl (C=O) groups excluding carboxylic acids is 2. The zero-order valence-corrected chi connectivity index (χ0v) is 10.5. The molecule has 0 bridgehead atoms. The number of amides is 1. The van der Waals surface area contributed by atoms with Gasteiger partial charge in [0, 0.05) is 12.1 Å². The number of benzene rings is 1. The number of hydrogen-bond acceptors (Lipinski definition) is 3. The van der Waals surface area contributed by atoms with E-state index in [9.17, 15) is 9.59 Å². The molecule has 1 atom stereocenters. The highest BCUT2D eigenvalue weighted by Crippen LogP contribution is 2.00. The molecule has 0 heterocycles. The molecule has 0 saturated heterocycles. The van der Waals surface area contributed by atoms with Crippen molar-refractivity contribution in [2.75, 3.05) is 6.54 Å². The van der Waals surface area contributed by atoms with Gasteiger partial charge in [0.1, 0.15) is 0 Å². The summed E-state index contributed by atoms with van der Waals surface area (Å²) in [5.41, 5.74) is 5.63. The summed E-state index contributed by atoms with van der Waals surface area (Å²) in [6, 6.07) is 8.02. The van der Waals surface area contributed by atoms with Crippen LogP contribution < -0.4 is 16.4 Å². The lowest BCUT2D eigenvalue weighted by Gasteiger charge is -2.12. The fourth-order valence-corrected chi connectivity index (χ4v) is 1.52. The van der Waals surface area contributed by atoms with E-state index in [1.54, 1.807) is 30.6 Å². The van der Waals surface area contributed by atoms with Crippen molar-refractivity contribution in [3.05, 3.63) is 35.9 Å². The first-order chi connectivity index (χ1) is 9.13. The quantitative estimate of drug-likeness (QED) is 0.318. The van der Waals surface area contributed by atoms with Gasteiger partial charge >= 0.3 is 0 Å². The highest BCUT2D eigenvalue weighted by Gasteiger charge is 2.13. The van der Waals surface area contributed by atoms with Crippen molar-refractivity contribution in [2.45, 2.75) is 18.9 Å². The SMILES string of the molecule is N=C(N)NCCC[C@@H]([C]=O)NC(=O)c1ccccc1. The molecule has 6 nitrogen and oxygen atoms in total. The summed E-state index contributed by atoms with van der Waals surface area (Å²) < 4.78 is 0. The van der Waals surface area contributed by atoms with Crippen molar-refractivity contribution in [3.63, 3.8) is 0 Å². The Morgan fingerprint density at radius 3 is 2.63 bits per heavy atom. The lowest BCUT2D eigenvalue weighted by molar-refractivity contribution is 0.0944. The lowest BCUT2D eigenvalue weighted by Crippen LogP contribution is -2.37. The minimum absolute atomic E-state index is 0.111. The molecule has 0 aliphatic rings. The van der Waals surface area contributed by atoms with E-state index in [-0.39, 0.29) is 11.9 Å². The van der Waals surface area contributed by atoms with E-state index >= 15 is 0 Å². The number of rotatable bonds is 7. The van der Waals surface area contributed by atoms with Gasteiger partial charge in [-0.1, -0.05) is 18.2 Å². The molecule has 1 radical (unpaired) electrons. The molecule has 1 amide bonds. The van der Waals surface area contributed by atoms with E-state index < -0.39 is 6.04 Å². The Hall–Kier alpha value is -2.37. The molecule has 1 aromatic rings. The summed E-state index contributed by atoms with van der Waals surface area (Å²) in [4.78, 5) is 22.6. The van der Waals surface area contributed by atoms with E-state index in [0.29, 0.717) is 24.9 Å². The molecule has 101 valence electrons. The van der Waals surface area contributed by atoms with E-state index in [4.69, 9.17) is 11.1 Å². The summed E-state index contributed by atoms with van der Waals surface area (Å²) in [6.45, 7) is 0.481. The second kappa shape index (κ2) is 7.86. The molecule has 19 heavy (non-hydrogen) atoms. The zero-order valence-electron chi connectivity index (χ0n) is 10.5. The van der Waals surface area contributed by atoms with Gasteiger partial charge in [-0.25, -0.2) is 0 Å². The molecule has 5 N–H and O–H groups in total. The molecule has 6 heteroatoms. The smallest absolute Gasteiger partial charge is 0.251 e. The van der Waals surface area contributed by atoms with Crippen LogP contribution >= 0.6 is 0 Å². The Morgan fingerprint density at radius 2 is 2.05 bits per heavy atom. The van der Waals surface area contributed by atoms with Crippen LogP contribution in [0.3, 0.4) is 0 Å². The van der Waals surface area contributed by atoms with E-state index in [0.717, 1.165) is 0 Å². The van der Waals surface area contributed by atoms with Crippen LogP contribution in [0.1, 0.15) is 23.2 Å². The molecule has 0 unspecified atom stereocenters. The average Bonchev–Trinajstić information content (AvgIpc) is 2.42. The van der Waals surface area contributed by atoms with Crippen molar-refractivity contribution >= 4 is 18.2 Å². The number of nitrogens with two attached hydrogens (primary N) is 1. The van der Waals surface area contributed by atoms with Crippen LogP contribution in [0, 0.1) is 5.41 Å². The van der Waals surface area contributed by atoms with Crippen LogP contribution in [0.2, 0.25) is 0 Å². The Morgan fingerprint density at radius 1 is 1.37 bits per heavy atom.